The summed E-state index contributed by atoms with van der Waals surface area (Å²) in [6, 6.07) is 1.15. The number of carbonyl (C=O) groups is 2. The summed E-state index contributed by atoms with van der Waals surface area (Å²) in [6.45, 7) is 1.09. The molecule has 1 saturated heterocycles. The summed E-state index contributed by atoms with van der Waals surface area (Å²) >= 11 is 5.62. The van der Waals surface area contributed by atoms with Gasteiger partial charge in [-0.05, 0) is 0 Å². The molecule has 0 radical (unpaired) electrons. The van der Waals surface area contributed by atoms with Crippen molar-refractivity contribution < 1.29 is 24.0 Å². The maximum atomic E-state index is 12.2. The van der Waals surface area contributed by atoms with E-state index in [2.05, 4.69) is 5.16 Å². The predicted molar refractivity (Wildman–Crippen MR) is 68.4 cm³/mol. The van der Waals surface area contributed by atoms with E-state index in [1.807, 2.05) is 0 Å². The largest absolute Gasteiger partial charge is 0.481 e. The number of morpholine rings is 1. The average molecular weight is 303 g/mol. The number of aryl methyl sites for hydroxylation is 1. The van der Waals surface area contributed by atoms with Gasteiger partial charge in [0.25, 0.3) is 0 Å². The van der Waals surface area contributed by atoms with Gasteiger partial charge >= 0.3 is 5.97 Å². The van der Waals surface area contributed by atoms with E-state index < -0.39 is 12.0 Å². The molecule has 0 aromatic carbocycles. The van der Waals surface area contributed by atoms with E-state index in [1.165, 1.54) is 0 Å². The van der Waals surface area contributed by atoms with Crippen LogP contribution in [0.15, 0.2) is 10.6 Å². The van der Waals surface area contributed by atoms with Gasteiger partial charge in [0.1, 0.15) is 5.76 Å². The third kappa shape index (κ3) is 3.94. The minimum atomic E-state index is -0.944. The molecule has 110 valence electrons. The number of amides is 1. The van der Waals surface area contributed by atoms with Crippen LogP contribution in [0, 0.1) is 0 Å². The molecule has 2 heterocycles. The van der Waals surface area contributed by atoms with Crippen LogP contribution in [0.3, 0.4) is 0 Å². The number of rotatable bonds is 5. The molecule has 7 nitrogen and oxygen atoms in total. The first-order chi connectivity index (χ1) is 9.56. The number of ether oxygens (including phenoxy) is 1. The zero-order valence-electron chi connectivity index (χ0n) is 10.7. The molecule has 20 heavy (non-hydrogen) atoms. The van der Waals surface area contributed by atoms with Crippen LogP contribution < -0.4 is 0 Å². The fraction of sp³-hybridized carbons (Fsp3) is 0.583. The number of halogens is 1. The topological polar surface area (TPSA) is 92.9 Å². The first-order valence-corrected chi connectivity index (χ1v) is 6.64. The highest BCUT2D eigenvalue weighted by Gasteiger charge is 2.28. The Hall–Kier alpha value is -1.60. The Morgan fingerprint density at radius 2 is 2.35 bits per heavy atom. The lowest BCUT2D eigenvalue weighted by molar-refractivity contribution is -0.146. The van der Waals surface area contributed by atoms with Crippen molar-refractivity contribution in [3.8, 4) is 0 Å². The number of nitrogens with zero attached hydrogens (tertiary/aromatic N) is 2. The van der Waals surface area contributed by atoms with Gasteiger partial charge in [0.05, 0.1) is 25.7 Å². The standard InChI is InChI=1S/C12H15ClN2O5/c13-10-6-9(20-14-10)1-2-11(16)15-3-4-19-7-8(15)5-12(17)18/h6,8H,1-5,7H2,(H,17,18)/t8-/m0/s1. The van der Waals surface area contributed by atoms with E-state index in [-0.39, 0.29) is 30.5 Å². The summed E-state index contributed by atoms with van der Waals surface area (Å²) < 4.78 is 10.1. The van der Waals surface area contributed by atoms with Crippen molar-refractivity contribution in [2.24, 2.45) is 0 Å². The molecule has 1 aliphatic rings. The smallest absolute Gasteiger partial charge is 0.305 e. The van der Waals surface area contributed by atoms with Gasteiger partial charge in [0.2, 0.25) is 5.91 Å². The van der Waals surface area contributed by atoms with Gasteiger partial charge in [-0.1, -0.05) is 16.8 Å². The highest BCUT2D eigenvalue weighted by atomic mass is 35.5. The normalized spacial score (nSPS) is 19.1. The van der Waals surface area contributed by atoms with E-state index in [4.69, 9.17) is 26.0 Å². The van der Waals surface area contributed by atoms with Crippen molar-refractivity contribution in [1.82, 2.24) is 10.1 Å². The van der Waals surface area contributed by atoms with E-state index in [0.717, 1.165) is 0 Å². The lowest BCUT2D eigenvalue weighted by Crippen LogP contribution is -2.49. The molecule has 1 aromatic heterocycles. The third-order valence-electron chi connectivity index (χ3n) is 3.07. The first-order valence-electron chi connectivity index (χ1n) is 6.26. The molecular weight excluding hydrogens is 288 g/mol. The van der Waals surface area contributed by atoms with Crippen molar-refractivity contribution in [1.29, 1.82) is 0 Å². The molecule has 1 N–H and O–H groups in total. The van der Waals surface area contributed by atoms with Crippen molar-refractivity contribution in [3.05, 3.63) is 17.0 Å². The summed E-state index contributed by atoms with van der Waals surface area (Å²) in [5.41, 5.74) is 0. The highest BCUT2D eigenvalue weighted by Crippen LogP contribution is 2.15. The Kier molecular flexibility index (Phi) is 4.97. The summed E-state index contributed by atoms with van der Waals surface area (Å²) in [7, 11) is 0. The molecular formula is C12H15ClN2O5. The van der Waals surface area contributed by atoms with Crippen LogP contribution in [0.5, 0.6) is 0 Å². The van der Waals surface area contributed by atoms with Crippen LogP contribution in [0.2, 0.25) is 5.15 Å². The number of aliphatic carboxylic acids is 1. The van der Waals surface area contributed by atoms with Crippen LogP contribution in [0.25, 0.3) is 0 Å². The first kappa shape index (κ1) is 14.8. The maximum absolute atomic E-state index is 12.2. The van der Waals surface area contributed by atoms with E-state index in [1.54, 1.807) is 11.0 Å². The minimum absolute atomic E-state index is 0.111. The molecule has 0 bridgehead atoms. The molecule has 0 aliphatic carbocycles. The molecule has 1 amide bonds. The molecule has 8 heteroatoms. The lowest BCUT2D eigenvalue weighted by atomic mass is 10.1. The van der Waals surface area contributed by atoms with Gasteiger partial charge in [-0.15, -0.1) is 0 Å². The minimum Gasteiger partial charge on any atom is -0.481 e. The zero-order chi connectivity index (χ0) is 14.5. The van der Waals surface area contributed by atoms with Crippen LogP contribution >= 0.6 is 11.6 Å². The highest BCUT2D eigenvalue weighted by molar-refractivity contribution is 6.29. The van der Waals surface area contributed by atoms with E-state index >= 15 is 0 Å². The van der Waals surface area contributed by atoms with Crippen LogP contribution in [-0.4, -0.2) is 52.8 Å². The van der Waals surface area contributed by atoms with Crippen LogP contribution in [0.4, 0.5) is 0 Å². The van der Waals surface area contributed by atoms with Crippen molar-refractivity contribution in [2.75, 3.05) is 19.8 Å². The van der Waals surface area contributed by atoms with E-state index in [9.17, 15) is 9.59 Å². The number of carboxylic acid groups (broad SMARTS) is 1. The Balaban J connectivity index is 1.90. The Labute approximate surface area is 120 Å². The number of hydrogen-bond donors (Lipinski definition) is 1. The summed E-state index contributed by atoms with van der Waals surface area (Å²) in [6.07, 6.45) is 0.497. The molecule has 0 unspecified atom stereocenters. The molecule has 1 fully saturated rings. The summed E-state index contributed by atoms with van der Waals surface area (Å²) in [5, 5.41) is 12.6. The Bertz CT molecular complexity index is 490. The molecule has 1 aromatic rings. The second kappa shape index (κ2) is 6.71. The summed E-state index contributed by atoms with van der Waals surface area (Å²) in [5.74, 6) is -0.529. The Morgan fingerprint density at radius 3 is 3.00 bits per heavy atom. The van der Waals surface area contributed by atoms with Crippen LogP contribution in [-0.2, 0) is 20.7 Å². The molecule has 0 saturated carbocycles. The molecule has 0 spiro atoms. The monoisotopic (exact) mass is 302 g/mol. The SMILES string of the molecule is O=C(O)C[C@H]1COCCN1C(=O)CCc1cc(Cl)no1. The molecule has 1 aliphatic heterocycles. The number of carboxylic acids is 1. The maximum Gasteiger partial charge on any atom is 0.305 e. The second-order valence-corrected chi connectivity index (χ2v) is 4.92. The fourth-order valence-corrected chi connectivity index (χ4v) is 2.29. The van der Waals surface area contributed by atoms with Crippen molar-refractivity contribution >= 4 is 23.5 Å². The van der Waals surface area contributed by atoms with Crippen LogP contribution in [0.1, 0.15) is 18.6 Å². The van der Waals surface area contributed by atoms with Gasteiger partial charge in [-0.25, -0.2) is 0 Å². The third-order valence-corrected chi connectivity index (χ3v) is 3.25. The second-order valence-electron chi connectivity index (χ2n) is 4.53. The number of hydrogen-bond acceptors (Lipinski definition) is 5. The number of aromatic nitrogens is 1. The quantitative estimate of drug-likeness (QED) is 0.871. The van der Waals surface area contributed by atoms with Gasteiger partial charge in [-0.2, -0.15) is 0 Å². The Morgan fingerprint density at radius 1 is 1.55 bits per heavy atom. The summed E-state index contributed by atoms with van der Waals surface area (Å²) in [4.78, 5) is 24.5. The van der Waals surface area contributed by atoms with Gasteiger partial charge in [0.15, 0.2) is 5.15 Å². The predicted octanol–water partition coefficient (Wildman–Crippen LogP) is 0.963. The van der Waals surface area contributed by atoms with Crippen molar-refractivity contribution in [3.63, 3.8) is 0 Å². The van der Waals surface area contributed by atoms with Gasteiger partial charge in [-0.3, -0.25) is 9.59 Å². The molecule has 1 atom stereocenters. The molecule has 2 rings (SSSR count). The van der Waals surface area contributed by atoms with Gasteiger partial charge < -0.3 is 19.3 Å². The fourth-order valence-electron chi connectivity index (χ4n) is 2.13. The lowest BCUT2D eigenvalue weighted by Gasteiger charge is -2.34. The number of carbonyl (C=O) groups excluding carboxylic acids is 1. The van der Waals surface area contributed by atoms with Crippen molar-refractivity contribution in [2.45, 2.75) is 25.3 Å². The average Bonchev–Trinajstić information content (AvgIpc) is 2.82. The zero-order valence-corrected chi connectivity index (χ0v) is 11.5. The van der Waals surface area contributed by atoms with Gasteiger partial charge in [0, 0.05) is 25.5 Å². The van der Waals surface area contributed by atoms with E-state index in [0.29, 0.717) is 25.3 Å².